The van der Waals surface area contributed by atoms with E-state index in [9.17, 15) is 0 Å². The van der Waals surface area contributed by atoms with Crippen LogP contribution in [0.25, 0.3) is 0 Å². The number of hydrogen-bond donors (Lipinski definition) is 1. The van der Waals surface area contributed by atoms with E-state index in [2.05, 4.69) is 39.5 Å². The van der Waals surface area contributed by atoms with Gasteiger partial charge >= 0.3 is 0 Å². The summed E-state index contributed by atoms with van der Waals surface area (Å²) in [6.07, 6.45) is 11.3. The highest BCUT2D eigenvalue weighted by Crippen LogP contribution is 2.19. The van der Waals surface area contributed by atoms with Crippen LogP contribution in [0.5, 0.6) is 0 Å². The third-order valence-corrected chi connectivity index (χ3v) is 3.95. The first kappa shape index (κ1) is 11.7. The quantitative estimate of drug-likeness (QED) is 0.826. The van der Waals surface area contributed by atoms with Gasteiger partial charge in [-0.2, -0.15) is 0 Å². The van der Waals surface area contributed by atoms with Gasteiger partial charge in [-0.25, -0.2) is 4.98 Å². The van der Waals surface area contributed by atoms with E-state index < -0.39 is 0 Å². The van der Waals surface area contributed by atoms with Gasteiger partial charge in [-0.3, -0.25) is 0 Å². The highest BCUT2D eigenvalue weighted by Gasteiger charge is 2.22. The number of nitrogens with zero attached hydrogens (tertiary/aromatic N) is 2. The molecule has 2 aliphatic rings. The lowest BCUT2D eigenvalue weighted by Crippen LogP contribution is -2.45. The molecule has 2 heterocycles. The zero-order valence-electron chi connectivity index (χ0n) is 10.8. The van der Waals surface area contributed by atoms with Gasteiger partial charge in [-0.05, 0) is 37.8 Å². The second kappa shape index (κ2) is 5.53. The van der Waals surface area contributed by atoms with Crippen LogP contribution in [-0.4, -0.2) is 30.2 Å². The SMILES string of the molecule is C1=CCC(NC2CCN(c3ccccn3)CC2)C1. The number of pyridine rings is 1. The zero-order valence-corrected chi connectivity index (χ0v) is 10.8. The van der Waals surface area contributed by atoms with E-state index in [0.29, 0.717) is 12.1 Å². The van der Waals surface area contributed by atoms with Crippen molar-refractivity contribution in [1.29, 1.82) is 0 Å². The Hall–Kier alpha value is -1.35. The lowest BCUT2D eigenvalue weighted by molar-refractivity contribution is 0.371. The summed E-state index contributed by atoms with van der Waals surface area (Å²) in [5.41, 5.74) is 0. The van der Waals surface area contributed by atoms with Crippen molar-refractivity contribution in [1.82, 2.24) is 10.3 Å². The fraction of sp³-hybridized carbons (Fsp3) is 0.533. The third-order valence-electron chi connectivity index (χ3n) is 3.95. The molecule has 0 spiro atoms. The Morgan fingerprint density at radius 3 is 2.50 bits per heavy atom. The Bertz CT molecular complexity index is 385. The molecule has 1 saturated heterocycles. The van der Waals surface area contributed by atoms with E-state index in [1.54, 1.807) is 0 Å². The molecule has 1 aromatic heterocycles. The van der Waals surface area contributed by atoms with Crippen molar-refractivity contribution < 1.29 is 0 Å². The van der Waals surface area contributed by atoms with Crippen molar-refractivity contribution >= 4 is 5.82 Å². The molecule has 0 atom stereocenters. The van der Waals surface area contributed by atoms with Crippen LogP contribution in [0.1, 0.15) is 25.7 Å². The van der Waals surface area contributed by atoms with Gasteiger partial charge in [-0.1, -0.05) is 18.2 Å². The van der Waals surface area contributed by atoms with E-state index in [-0.39, 0.29) is 0 Å². The summed E-state index contributed by atoms with van der Waals surface area (Å²) in [7, 11) is 0. The van der Waals surface area contributed by atoms with Crippen LogP contribution in [0.2, 0.25) is 0 Å². The molecular formula is C15H21N3. The Labute approximate surface area is 109 Å². The molecule has 1 aromatic rings. The average molecular weight is 243 g/mol. The second-order valence-corrected chi connectivity index (χ2v) is 5.26. The van der Waals surface area contributed by atoms with Crippen LogP contribution < -0.4 is 10.2 Å². The second-order valence-electron chi connectivity index (χ2n) is 5.26. The van der Waals surface area contributed by atoms with Crippen LogP contribution in [0, 0.1) is 0 Å². The maximum Gasteiger partial charge on any atom is 0.128 e. The highest BCUT2D eigenvalue weighted by molar-refractivity contribution is 5.38. The third kappa shape index (κ3) is 2.72. The maximum atomic E-state index is 4.43. The zero-order chi connectivity index (χ0) is 12.2. The van der Waals surface area contributed by atoms with Crippen molar-refractivity contribution in [2.24, 2.45) is 0 Å². The first-order chi connectivity index (χ1) is 8.92. The lowest BCUT2D eigenvalue weighted by Gasteiger charge is -2.34. The van der Waals surface area contributed by atoms with Crippen LogP contribution >= 0.6 is 0 Å². The number of aromatic nitrogens is 1. The number of rotatable bonds is 3. The Morgan fingerprint density at radius 2 is 1.83 bits per heavy atom. The number of piperidine rings is 1. The molecule has 0 amide bonds. The van der Waals surface area contributed by atoms with E-state index in [0.717, 1.165) is 18.9 Å². The molecule has 1 fully saturated rings. The van der Waals surface area contributed by atoms with Gasteiger partial charge in [0.15, 0.2) is 0 Å². The molecule has 0 aromatic carbocycles. The molecule has 3 nitrogen and oxygen atoms in total. The van der Waals surface area contributed by atoms with Crippen molar-refractivity contribution in [3.8, 4) is 0 Å². The monoisotopic (exact) mass is 243 g/mol. The molecule has 1 aliphatic carbocycles. The summed E-state index contributed by atoms with van der Waals surface area (Å²) in [5.74, 6) is 1.12. The van der Waals surface area contributed by atoms with Gasteiger partial charge in [0, 0.05) is 31.4 Å². The van der Waals surface area contributed by atoms with Crippen molar-refractivity contribution in [3.63, 3.8) is 0 Å². The fourth-order valence-corrected chi connectivity index (χ4v) is 2.90. The Balaban J connectivity index is 1.49. The minimum atomic E-state index is 0.690. The molecule has 1 N–H and O–H groups in total. The molecule has 3 rings (SSSR count). The van der Waals surface area contributed by atoms with Crippen LogP contribution in [0.3, 0.4) is 0 Å². The van der Waals surface area contributed by atoms with Crippen LogP contribution in [0.4, 0.5) is 5.82 Å². The standard InChI is InChI=1S/C15H21N3/c1-2-6-13(5-1)17-14-8-11-18(12-9-14)15-7-3-4-10-16-15/h1-4,7,10,13-14,17H,5-6,8-9,11-12H2. The highest BCUT2D eigenvalue weighted by atomic mass is 15.2. The Morgan fingerprint density at radius 1 is 1.06 bits per heavy atom. The molecule has 0 saturated carbocycles. The number of nitrogens with one attached hydrogen (secondary N) is 1. The minimum Gasteiger partial charge on any atom is -0.357 e. The average Bonchev–Trinajstić information content (AvgIpc) is 2.94. The topological polar surface area (TPSA) is 28.2 Å². The van der Waals surface area contributed by atoms with E-state index >= 15 is 0 Å². The number of anilines is 1. The predicted octanol–water partition coefficient (Wildman–Crippen LogP) is 2.36. The molecule has 96 valence electrons. The molecule has 18 heavy (non-hydrogen) atoms. The largest absolute Gasteiger partial charge is 0.357 e. The molecule has 0 radical (unpaired) electrons. The molecule has 0 bridgehead atoms. The summed E-state index contributed by atoms with van der Waals surface area (Å²) in [4.78, 5) is 6.82. The molecule has 3 heteroatoms. The normalized spacial score (nSPS) is 21.7. The van der Waals surface area contributed by atoms with Crippen molar-refractivity contribution in [2.45, 2.75) is 37.8 Å². The predicted molar refractivity (Wildman–Crippen MR) is 74.8 cm³/mol. The van der Waals surface area contributed by atoms with Gasteiger partial charge in [0.1, 0.15) is 5.82 Å². The van der Waals surface area contributed by atoms with E-state index in [1.165, 1.54) is 25.7 Å². The van der Waals surface area contributed by atoms with E-state index in [1.807, 2.05) is 12.3 Å². The van der Waals surface area contributed by atoms with Gasteiger partial charge < -0.3 is 10.2 Å². The summed E-state index contributed by atoms with van der Waals surface area (Å²) in [6, 6.07) is 7.53. The first-order valence-corrected chi connectivity index (χ1v) is 6.99. The smallest absolute Gasteiger partial charge is 0.128 e. The summed E-state index contributed by atoms with van der Waals surface area (Å²) < 4.78 is 0. The maximum absolute atomic E-state index is 4.43. The van der Waals surface area contributed by atoms with Gasteiger partial charge in [0.2, 0.25) is 0 Å². The van der Waals surface area contributed by atoms with E-state index in [4.69, 9.17) is 0 Å². The molecule has 0 unspecified atom stereocenters. The summed E-state index contributed by atoms with van der Waals surface area (Å²) in [6.45, 7) is 2.24. The lowest BCUT2D eigenvalue weighted by atomic mass is 10.0. The Kier molecular flexibility index (Phi) is 3.60. The van der Waals surface area contributed by atoms with Gasteiger partial charge in [0.05, 0.1) is 0 Å². The van der Waals surface area contributed by atoms with Crippen LogP contribution in [-0.2, 0) is 0 Å². The summed E-state index contributed by atoms with van der Waals surface area (Å²) >= 11 is 0. The van der Waals surface area contributed by atoms with Crippen LogP contribution in [0.15, 0.2) is 36.5 Å². The fourth-order valence-electron chi connectivity index (χ4n) is 2.90. The van der Waals surface area contributed by atoms with Crippen molar-refractivity contribution in [2.75, 3.05) is 18.0 Å². The number of hydrogen-bond acceptors (Lipinski definition) is 3. The molecular weight excluding hydrogens is 222 g/mol. The van der Waals surface area contributed by atoms with Crippen molar-refractivity contribution in [3.05, 3.63) is 36.5 Å². The van der Waals surface area contributed by atoms with Gasteiger partial charge in [0.25, 0.3) is 0 Å². The first-order valence-electron chi connectivity index (χ1n) is 6.99. The minimum absolute atomic E-state index is 0.690. The molecule has 1 aliphatic heterocycles. The van der Waals surface area contributed by atoms with Gasteiger partial charge in [-0.15, -0.1) is 0 Å². The summed E-state index contributed by atoms with van der Waals surface area (Å²) in [5, 5.41) is 3.78.